The minimum atomic E-state index is -2.78. The Hall–Kier alpha value is -1.36. The highest BCUT2D eigenvalue weighted by Gasteiger charge is 2.38. The quantitative estimate of drug-likeness (QED) is 0.921. The summed E-state index contributed by atoms with van der Waals surface area (Å²) in [6.07, 6.45) is 5.60. The van der Waals surface area contributed by atoms with Gasteiger partial charge < -0.3 is 15.0 Å². The van der Waals surface area contributed by atoms with Gasteiger partial charge in [-0.3, -0.25) is 0 Å². The van der Waals surface area contributed by atoms with Crippen LogP contribution in [0.4, 0.5) is 14.5 Å². The highest BCUT2D eigenvalue weighted by molar-refractivity contribution is 5.60. The maximum Gasteiger partial charge on any atom is 0.387 e. The predicted octanol–water partition coefficient (Wildman–Crippen LogP) is 3.40. The van der Waals surface area contributed by atoms with E-state index >= 15 is 0 Å². The van der Waals surface area contributed by atoms with Crippen LogP contribution in [0, 0.1) is 0 Å². The van der Waals surface area contributed by atoms with Crippen molar-refractivity contribution in [3.8, 4) is 5.75 Å². The molecule has 0 radical (unpaired) electrons. The van der Waals surface area contributed by atoms with Gasteiger partial charge in [0.2, 0.25) is 0 Å². The zero-order chi connectivity index (χ0) is 14.8. The van der Waals surface area contributed by atoms with Gasteiger partial charge in [-0.05, 0) is 51.3 Å². The van der Waals surface area contributed by atoms with Crippen molar-refractivity contribution >= 4 is 5.69 Å². The van der Waals surface area contributed by atoms with Crippen LogP contribution in [0.1, 0.15) is 32.1 Å². The van der Waals surface area contributed by atoms with Crippen LogP contribution >= 0.6 is 0 Å². The molecule has 1 aromatic carbocycles. The molecule has 2 aliphatic heterocycles. The van der Waals surface area contributed by atoms with Crippen LogP contribution in [0.5, 0.6) is 5.75 Å². The molecule has 21 heavy (non-hydrogen) atoms. The molecule has 1 aromatic rings. The smallest absolute Gasteiger partial charge is 0.387 e. The SMILES string of the molecule is CNC1CC2CCCC(C1)N2c1ccccc1OC(F)F. The number of para-hydroxylation sites is 2. The van der Waals surface area contributed by atoms with Crippen molar-refractivity contribution in [2.45, 2.75) is 56.8 Å². The number of nitrogens with zero attached hydrogens (tertiary/aromatic N) is 1. The summed E-state index contributed by atoms with van der Waals surface area (Å²) >= 11 is 0. The summed E-state index contributed by atoms with van der Waals surface area (Å²) < 4.78 is 30.0. The fourth-order valence-corrected chi connectivity index (χ4v) is 3.88. The molecule has 5 heteroatoms. The third-order valence-electron chi connectivity index (χ3n) is 4.74. The second-order valence-corrected chi connectivity index (χ2v) is 5.95. The van der Waals surface area contributed by atoms with Gasteiger partial charge in [-0.25, -0.2) is 0 Å². The number of hydrogen-bond donors (Lipinski definition) is 1. The van der Waals surface area contributed by atoms with E-state index in [4.69, 9.17) is 4.74 Å². The number of ether oxygens (including phenoxy) is 1. The van der Waals surface area contributed by atoms with E-state index in [0.29, 0.717) is 23.9 Å². The zero-order valence-electron chi connectivity index (χ0n) is 12.3. The Kier molecular flexibility index (Phi) is 4.29. The predicted molar refractivity (Wildman–Crippen MR) is 79.1 cm³/mol. The summed E-state index contributed by atoms with van der Waals surface area (Å²) in [4.78, 5) is 2.33. The van der Waals surface area contributed by atoms with Gasteiger partial charge in [-0.2, -0.15) is 8.78 Å². The number of alkyl halides is 2. The molecule has 2 fully saturated rings. The molecule has 2 bridgehead atoms. The van der Waals surface area contributed by atoms with Crippen molar-refractivity contribution in [2.75, 3.05) is 11.9 Å². The lowest BCUT2D eigenvalue weighted by Gasteiger charge is -2.50. The fraction of sp³-hybridized carbons (Fsp3) is 0.625. The third-order valence-corrected chi connectivity index (χ3v) is 4.74. The van der Waals surface area contributed by atoms with Crippen LogP contribution < -0.4 is 15.0 Å². The highest BCUT2D eigenvalue weighted by Crippen LogP contribution is 2.41. The molecule has 2 atom stereocenters. The number of fused-ring (bicyclic) bond motifs is 2. The molecule has 3 rings (SSSR count). The van der Waals surface area contributed by atoms with Gasteiger partial charge >= 0.3 is 6.61 Å². The highest BCUT2D eigenvalue weighted by atomic mass is 19.3. The van der Waals surface area contributed by atoms with Crippen LogP contribution in [0.2, 0.25) is 0 Å². The molecule has 116 valence electrons. The summed E-state index contributed by atoms with van der Waals surface area (Å²) in [6, 6.07) is 8.55. The van der Waals surface area contributed by atoms with Crippen LogP contribution in [0.15, 0.2) is 24.3 Å². The first-order valence-electron chi connectivity index (χ1n) is 7.68. The number of rotatable bonds is 4. The van der Waals surface area contributed by atoms with Crippen molar-refractivity contribution < 1.29 is 13.5 Å². The van der Waals surface area contributed by atoms with E-state index in [-0.39, 0.29) is 0 Å². The van der Waals surface area contributed by atoms with E-state index < -0.39 is 6.61 Å². The van der Waals surface area contributed by atoms with E-state index in [1.165, 1.54) is 6.42 Å². The topological polar surface area (TPSA) is 24.5 Å². The third kappa shape index (κ3) is 2.98. The van der Waals surface area contributed by atoms with Gasteiger partial charge in [0.1, 0.15) is 5.75 Å². The molecule has 0 aliphatic carbocycles. The van der Waals surface area contributed by atoms with Gasteiger partial charge in [-0.15, -0.1) is 0 Å². The average Bonchev–Trinajstić information content (AvgIpc) is 2.46. The first kappa shape index (κ1) is 14.6. The molecular formula is C16H22F2N2O. The largest absolute Gasteiger partial charge is 0.433 e. The molecular weight excluding hydrogens is 274 g/mol. The van der Waals surface area contributed by atoms with E-state index in [9.17, 15) is 8.78 Å². The second kappa shape index (κ2) is 6.18. The Morgan fingerprint density at radius 3 is 2.48 bits per heavy atom. The molecule has 3 nitrogen and oxygen atoms in total. The van der Waals surface area contributed by atoms with Crippen molar-refractivity contribution in [1.29, 1.82) is 0 Å². The molecule has 2 heterocycles. The number of piperidine rings is 2. The van der Waals surface area contributed by atoms with Crippen LogP contribution in [0.3, 0.4) is 0 Å². The molecule has 0 spiro atoms. The second-order valence-electron chi connectivity index (χ2n) is 5.95. The Morgan fingerprint density at radius 1 is 1.19 bits per heavy atom. The summed E-state index contributed by atoms with van der Waals surface area (Å²) in [5.74, 6) is 0.298. The maximum absolute atomic E-state index is 12.6. The Balaban J connectivity index is 1.89. The lowest BCUT2D eigenvalue weighted by atomic mass is 9.81. The molecule has 0 aromatic heterocycles. The van der Waals surface area contributed by atoms with Crippen molar-refractivity contribution in [3.63, 3.8) is 0 Å². The zero-order valence-corrected chi connectivity index (χ0v) is 12.3. The molecule has 1 N–H and O–H groups in total. The molecule has 0 saturated carbocycles. The summed E-state index contributed by atoms with van der Waals surface area (Å²) in [5.41, 5.74) is 0.821. The summed E-state index contributed by atoms with van der Waals surface area (Å²) in [7, 11) is 2.00. The van der Waals surface area contributed by atoms with Gasteiger partial charge in [-0.1, -0.05) is 12.1 Å². The van der Waals surface area contributed by atoms with Gasteiger partial charge in [0.25, 0.3) is 0 Å². The van der Waals surface area contributed by atoms with Crippen molar-refractivity contribution in [2.24, 2.45) is 0 Å². The van der Waals surface area contributed by atoms with Crippen molar-refractivity contribution in [3.05, 3.63) is 24.3 Å². The Labute approximate surface area is 124 Å². The van der Waals surface area contributed by atoms with Gasteiger partial charge in [0, 0.05) is 18.1 Å². The number of benzene rings is 1. The van der Waals surface area contributed by atoms with Crippen LogP contribution in [-0.2, 0) is 0 Å². The normalized spacial score (nSPS) is 28.8. The lowest BCUT2D eigenvalue weighted by Crippen LogP contribution is -2.56. The maximum atomic E-state index is 12.6. The van der Waals surface area contributed by atoms with E-state index in [1.54, 1.807) is 12.1 Å². The molecule has 2 aliphatic rings. The first-order valence-corrected chi connectivity index (χ1v) is 7.68. The monoisotopic (exact) mass is 296 g/mol. The minimum absolute atomic E-state index is 0.298. The Morgan fingerprint density at radius 2 is 1.86 bits per heavy atom. The van der Waals surface area contributed by atoms with E-state index in [0.717, 1.165) is 31.4 Å². The molecule has 2 unspecified atom stereocenters. The van der Waals surface area contributed by atoms with E-state index in [1.807, 2.05) is 19.2 Å². The van der Waals surface area contributed by atoms with Gasteiger partial charge in [0.05, 0.1) is 5.69 Å². The number of anilines is 1. The summed E-state index contributed by atoms with van der Waals surface area (Å²) in [6.45, 7) is -2.78. The minimum Gasteiger partial charge on any atom is -0.433 e. The summed E-state index contributed by atoms with van der Waals surface area (Å²) in [5, 5.41) is 3.37. The number of nitrogens with one attached hydrogen (secondary N) is 1. The van der Waals surface area contributed by atoms with E-state index in [2.05, 4.69) is 10.2 Å². The van der Waals surface area contributed by atoms with Crippen molar-refractivity contribution in [1.82, 2.24) is 5.32 Å². The molecule has 2 saturated heterocycles. The van der Waals surface area contributed by atoms with Crippen LogP contribution in [-0.4, -0.2) is 31.8 Å². The number of halogens is 2. The lowest BCUT2D eigenvalue weighted by molar-refractivity contribution is -0.0497. The molecule has 0 amide bonds. The first-order chi connectivity index (χ1) is 10.2. The average molecular weight is 296 g/mol. The Bertz CT molecular complexity index is 469. The standard InChI is InChI=1S/C16H22F2N2O/c1-19-11-9-12-5-4-6-13(10-11)20(12)14-7-2-3-8-15(14)21-16(17)18/h2-3,7-8,11-13,16,19H,4-6,9-10H2,1H3. The fourth-order valence-electron chi connectivity index (χ4n) is 3.88. The number of hydrogen-bond acceptors (Lipinski definition) is 3. The van der Waals surface area contributed by atoms with Gasteiger partial charge in [0.15, 0.2) is 0 Å². The van der Waals surface area contributed by atoms with Crippen LogP contribution in [0.25, 0.3) is 0 Å².